The van der Waals surface area contributed by atoms with Gasteiger partial charge in [0.15, 0.2) is 17.3 Å². The molecule has 0 amide bonds. The third kappa shape index (κ3) is 5.27. The van der Waals surface area contributed by atoms with Gasteiger partial charge in [-0.1, -0.05) is 11.6 Å². The molecule has 1 N–H and O–H groups in total. The quantitative estimate of drug-likeness (QED) is 0.585. The van der Waals surface area contributed by atoms with Gasteiger partial charge in [-0.2, -0.15) is 0 Å². The van der Waals surface area contributed by atoms with Gasteiger partial charge in [0, 0.05) is 26.3 Å². The predicted molar refractivity (Wildman–Crippen MR) is 68.0 cm³/mol. The molecule has 0 atom stereocenters. The number of aromatic nitrogens is 1. The molecule has 0 radical (unpaired) electrons. The summed E-state index contributed by atoms with van der Waals surface area (Å²) in [6, 6.07) is 2.89. The normalized spacial score (nSPS) is 11.2. The minimum atomic E-state index is -0.512. The minimum absolute atomic E-state index is 0.111. The van der Waals surface area contributed by atoms with Crippen molar-refractivity contribution in [3.05, 3.63) is 28.8 Å². The number of hydrogen-bond acceptors (Lipinski definition) is 4. The Kier molecular flexibility index (Phi) is 7.12. The van der Waals surface area contributed by atoms with Crippen molar-refractivity contribution in [2.45, 2.75) is 26.7 Å². The lowest BCUT2D eigenvalue weighted by Gasteiger charge is -2.17. The van der Waals surface area contributed by atoms with Gasteiger partial charge >= 0.3 is 0 Å². The molecule has 4 nitrogen and oxygen atoms in total. The molecule has 1 heterocycles. The molecule has 6 heteroatoms. The molecule has 1 aromatic heterocycles. The van der Waals surface area contributed by atoms with E-state index < -0.39 is 5.82 Å². The van der Waals surface area contributed by atoms with Gasteiger partial charge in [-0.3, -0.25) is 0 Å². The van der Waals surface area contributed by atoms with Crippen LogP contribution in [0.1, 0.15) is 19.5 Å². The van der Waals surface area contributed by atoms with Crippen LogP contribution in [-0.2, 0) is 16.0 Å². The summed E-state index contributed by atoms with van der Waals surface area (Å²) in [7, 11) is 0. The number of halogens is 2. The molecular weight excluding hydrogens is 259 g/mol. The van der Waals surface area contributed by atoms with Gasteiger partial charge in [0.05, 0.1) is 5.69 Å². The van der Waals surface area contributed by atoms with Gasteiger partial charge < -0.3 is 14.8 Å². The summed E-state index contributed by atoms with van der Waals surface area (Å²) in [4.78, 5) is 3.91. The highest BCUT2D eigenvalue weighted by molar-refractivity contribution is 6.29. The second kappa shape index (κ2) is 8.37. The fourth-order valence-electron chi connectivity index (χ4n) is 1.41. The summed E-state index contributed by atoms with van der Waals surface area (Å²) in [6.07, 6.45) is -0.282. The first kappa shape index (κ1) is 15.3. The highest BCUT2D eigenvalue weighted by Crippen LogP contribution is 2.11. The molecule has 0 spiro atoms. The molecular formula is C12H18ClFN2O2. The standard InChI is InChI=1S/C12H18ClFN2O2/c1-3-17-11(18-4-2)8-15-7-9-5-6-10(14)12(13)16-9/h5-6,11,15H,3-4,7-8H2,1-2H3. The van der Waals surface area contributed by atoms with Gasteiger partial charge in [0.25, 0.3) is 0 Å². The Labute approximate surface area is 111 Å². The fraction of sp³-hybridized carbons (Fsp3) is 0.583. The Morgan fingerprint density at radius 3 is 2.56 bits per heavy atom. The largest absolute Gasteiger partial charge is 0.352 e. The van der Waals surface area contributed by atoms with Crippen molar-refractivity contribution in [3.8, 4) is 0 Å². The van der Waals surface area contributed by atoms with Crippen LogP contribution in [0.5, 0.6) is 0 Å². The van der Waals surface area contributed by atoms with Crippen LogP contribution in [0.2, 0.25) is 5.15 Å². The summed E-state index contributed by atoms with van der Waals surface area (Å²) in [6.45, 7) is 6.02. The third-order valence-electron chi connectivity index (χ3n) is 2.18. The molecule has 0 aromatic carbocycles. The number of pyridine rings is 1. The molecule has 0 aliphatic rings. The van der Waals surface area contributed by atoms with Crippen LogP contribution in [0.3, 0.4) is 0 Å². The van der Waals surface area contributed by atoms with Crippen molar-refractivity contribution in [1.82, 2.24) is 10.3 Å². The summed E-state index contributed by atoms with van der Waals surface area (Å²) < 4.78 is 23.6. The van der Waals surface area contributed by atoms with Crippen LogP contribution < -0.4 is 5.32 Å². The first-order valence-corrected chi connectivity index (χ1v) is 6.30. The van der Waals surface area contributed by atoms with Crippen molar-refractivity contribution in [1.29, 1.82) is 0 Å². The highest BCUT2D eigenvalue weighted by atomic mass is 35.5. The van der Waals surface area contributed by atoms with E-state index in [1.807, 2.05) is 13.8 Å². The lowest BCUT2D eigenvalue weighted by Crippen LogP contribution is -2.31. The molecule has 0 unspecified atom stereocenters. The van der Waals surface area contributed by atoms with Gasteiger partial charge in [-0.25, -0.2) is 9.37 Å². The summed E-state index contributed by atoms with van der Waals surface area (Å²) in [5, 5.41) is 3.01. The lowest BCUT2D eigenvalue weighted by atomic mass is 10.3. The van der Waals surface area contributed by atoms with E-state index in [1.165, 1.54) is 6.07 Å². The Morgan fingerprint density at radius 1 is 1.33 bits per heavy atom. The van der Waals surface area contributed by atoms with Crippen LogP contribution in [0.25, 0.3) is 0 Å². The number of ether oxygens (including phenoxy) is 2. The molecule has 0 aliphatic carbocycles. The molecule has 18 heavy (non-hydrogen) atoms. The zero-order valence-corrected chi connectivity index (χ0v) is 11.3. The molecule has 102 valence electrons. The molecule has 0 aliphatic heterocycles. The lowest BCUT2D eigenvalue weighted by molar-refractivity contribution is -0.133. The van der Waals surface area contributed by atoms with Crippen molar-refractivity contribution >= 4 is 11.6 Å². The van der Waals surface area contributed by atoms with E-state index in [0.29, 0.717) is 32.0 Å². The first-order chi connectivity index (χ1) is 8.67. The third-order valence-corrected chi connectivity index (χ3v) is 2.45. The number of rotatable bonds is 8. The predicted octanol–water partition coefficient (Wildman–Crippen LogP) is 2.36. The summed E-state index contributed by atoms with van der Waals surface area (Å²) in [5.74, 6) is -0.512. The van der Waals surface area contributed by atoms with Gasteiger partial charge in [-0.15, -0.1) is 0 Å². The summed E-state index contributed by atoms with van der Waals surface area (Å²) >= 11 is 5.59. The summed E-state index contributed by atoms with van der Waals surface area (Å²) in [5.41, 5.74) is 0.674. The molecule has 0 saturated carbocycles. The molecule has 0 saturated heterocycles. The van der Waals surface area contributed by atoms with Gasteiger partial charge in [-0.05, 0) is 26.0 Å². The SMILES string of the molecule is CCOC(CNCc1ccc(F)c(Cl)n1)OCC. The van der Waals surface area contributed by atoms with Crippen molar-refractivity contribution < 1.29 is 13.9 Å². The maximum Gasteiger partial charge on any atom is 0.169 e. The second-order valence-corrected chi connectivity index (χ2v) is 3.90. The van der Waals surface area contributed by atoms with E-state index in [1.54, 1.807) is 6.07 Å². The van der Waals surface area contributed by atoms with Crippen molar-refractivity contribution in [3.63, 3.8) is 0 Å². The van der Waals surface area contributed by atoms with E-state index in [4.69, 9.17) is 21.1 Å². The van der Waals surface area contributed by atoms with Crippen LogP contribution in [0, 0.1) is 5.82 Å². The zero-order chi connectivity index (χ0) is 13.4. The molecule has 0 fully saturated rings. The smallest absolute Gasteiger partial charge is 0.169 e. The van der Waals surface area contributed by atoms with Crippen LogP contribution in [0.4, 0.5) is 4.39 Å². The Morgan fingerprint density at radius 2 is 2.00 bits per heavy atom. The van der Waals surface area contributed by atoms with E-state index in [9.17, 15) is 4.39 Å². The Bertz CT molecular complexity index is 360. The Hall–Kier alpha value is -0.750. The molecule has 1 rings (SSSR count). The monoisotopic (exact) mass is 276 g/mol. The molecule has 1 aromatic rings. The van der Waals surface area contributed by atoms with E-state index in [-0.39, 0.29) is 11.4 Å². The molecule has 0 bridgehead atoms. The van der Waals surface area contributed by atoms with Gasteiger partial charge in [0.1, 0.15) is 0 Å². The highest BCUT2D eigenvalue weighted by Gasteiger charge is 2.08. The average molecular weight is 277 g/mol. The van der Waals surface area contributed by atoms with Crippen LogP contribution >= 0.6 is 11.6 Å². The van der Waals surface area contributed by atoms with Crippen LogP contribution in [0.15, 0.2) is 12.1 Å². The van der Waals surface area contributed by atoms with Crippen molar-refractivity contribution in [2.75, 3.05) is 19.8 Å². The van der Waals surface area contributed by atoms with E-state index >= 15 is 0 Å². The topological polar surface area (TPSA) is 43.4 Å². The van der Waals surface area contributed by atoms with E-state index in [0.717, 1.165) is 0 Å². The number of nitrogens with zero attached hydrogens (tertiary/aromatic N) is 1. The van der Waals surface area contributed by atoms with Crippen LogP contribution in [-0.4, -0.2) is 31.0 Å². The average Bonchev–Trinajstić information content (AvgIpc) is 2.34. The maximum absolute atomic E-state index is 12.9. The second-order valence-electron chi connectivity index (χ2n) is 3.55. The fourth-order valence-corrected chi connectivity index (χ4v) is 1.58. The van der Waals surface area contributed by atoms with Gasteiger partial charge in [0.2, 0.25) is 0 Å². The maximum atomic E-state index is 12.9. The van der Waals surface area contributed by atoms with Crippen molar-refractivity contribution in [2.24, 2.45) is 0 Å². The minimum Gasteiger partial charge on any atom is -0.352 e. The number of hydrogen-bond donors (Lipinski definition) is 1. The number of nitrogens with one attached hydrogen (secondary N) is 1. The zero-order valence-electron chi connectivity index (χ0n) is 10.6. The first-order valence-electron chi connectivity index (χ1n) is 5.92. The Balaban J connectivity index is 2.37. The van der Waals surface area contributed by atoms with E-state index in [2.05, 4.69) is 10.3 Å².